The van der Waals surface area contributed by atoms with E-state index in [4.69, 9.17) is 5.84 Å². The Morgan fingerprint density at radius 2 is 2.35 bits per heavy atom. The molecular weight excluding hydrogens is 239 g/mol. The second kappa shape index (κ2) is 5.31. The number of hydrogen-bond donors (Lipinski definition) is 2. The van der Waals surface area contributed by atoms with Crippen LogP contribution in [0.1, 0.15) is 22.4 Å². The van der Waals surface area contributed by atoms with Gasteiger partial charge in [-0.05, 0) is 19.1 Å². The van der Waals surface area contributed by atoms with Crippen molar-refractivity contribution in [3.05, 3.63) is 45.9 Å². The number of pyridine rings is 1. The standard InChI is InChI=1S/C11H13FN4S/c1-7-15-9(6-17-7)4-11(16-13)10-3-2-8(12)5-14-10/h2-3,5-6,11,16H,4,13H2,1H3. The lowest BCUT2D eigenvalue weighted by atomic mass is 10.1. The number of aromatic nitrogens is 2. The van der Waals surface area contributed by atoms with Gasteiger partial charge in [0, 0.05) is 11.8 Å². The van der Waals surface area contributed by atoms with Gasteiger partial charge in [0.15, 0.2) is 0 Å². The molecule has 3 N–H and O–H groups in total. The van der Waals surface area contributed by atoms with E-state index in [0.717, 1.165) is 10.7 Å². The fourth-order valence-corrected chi connectivity index (χ4v) is 2.18. The van der Waals surface area contributed by atoms with E-state index >= 15 is 0 Å². The number of halogens is 1. The summed E-state index contributed by atoms with van der Waals surface area (Å²) in [7, 11) is 0. The van der Waals surface area contributed by atoms with Gasteiger partial charge in [-0.15, -0.1) is 11.3 Å². The van der Waals surface area contributed by atoms with Gasteiger partial charge in [-0.3, -0.25) is 16.3 Å². The molecule has 17 heavy (non-hydrogen) atoms. The van der Waals surface area contributed by atoms with E-state index in [1.807, 2.05) is 12.3 Å². The first kappa shape index (κ1) is 12.1. The zero-order chi connectivity index (χ0) is 12.3. The second-order valence-corrected chi connectivity index (χ2v) is 4.74. The van der Waals surface area contributed by atoms with Gasteiger partial charge in [0.2, 0.25) is 0 Å². The number of rotatable bonds is 4. The quantitative estimate of drug-likeness (QED) is 0.642. The Balaban J connectivity index is 2.13. The molecule has 2 heterocycles. The average Bonchev–Trinajstić information content (AvgIpc) is 2.73. The van der Waals surface area contributed by atoms with E-state index in [2.05, 4.69) is 15.4 Å². The molecule has 2 aromatic heterocycles. The van der Waals surface area contributed by atoms with Crippen LogP contribution in [0.4, 0.5) is 4.39 Å². The monoisotopic (exact) mass is 252 g/mol. The molecule has 0 bridgehead atoms. The minimum Gasteiger partial charge on any atom is -0.271 e. The second-order valence-electron chi connectivity index (χ2n) is 3.68. The van der Waals surface area contributed by atoms with Gasteiger partial charge < -0.3 is 0 Å². The molecule has 2 aromatic rings. The maximum Gasteiger partial charge on any atom is 0.141 e. The number of aryl methyl sites for hydroxylation is 1. The van der Waals surface area contributed by atoms with Crippen LogP contribution in [0.15, 0.2) is 23.7 Å². The lowest BCUT2D eigenvalue weighted by Gasteiger charge is -2.13. The normalized spacial score (nSPS) is 12.6. The van der Waals surface area contributed by atoms with E-state index in [1.54, 1.807) is 17.4 Å². The Morgan fingerprint density at radius 3 is 2.88 bits per heavy atom. The van der Waals surface area contributed by atoms with Crippen molar-refractivity contribution in [3.8, 4) is 0 Å². The first-order chi connectivity index (χ1) is 8.19. The Hall–Kier alpha value is -1.37. The van der Waals surface area contributed by atoms with Crippen molar-refractivity contribution in [2.45, 2.75) is 19.4 Å². The van der Waals surface area contributed by atoms with Crippen molar-refractivity contribution in [2.75, 3.05) is 0 Å². The van der Waals surface area contributed by atoms with Crippen molar-refractivity contribution < 1.29 is 4.39 Å². The molecule has 1 atom stereocenters. The first-order valence-electron chi connectivity index (χ1n) is 5.17. The minimum atomic E-state index is -0.353. The number of hydrogen-bond acceptors (Lipinski definition) is 5. The average molecular weight is 252 g/mol. The summed E-state index contributed by atoms with van der Waals surface area (Å²) < 4.78 is 12.8. The smallest absolute Gasteiger partial charge is 0.141 e. The van der Waals surface area contributed by atoms with Crippen LogP contribution in [0.5, 0.6) is 0 Å². The highest BCUT2D eigenvalue weighted by Gasteiger charge is 2.13. The summed E-state index contributed by atoms with van der Waals surface area (Å²) in [4.78, 5) is 8.37. The fraction of sp³-hybridized carbons (Fsp3) is 0.273. The van der Waals surface area contributed by atoms with Crippen molar-refractivity contribution in [3.63, 3.8) is 0 Å². The van der Waals surface area contributed by atoms with Crippen LogP contribution in [0.25, 0.3) is 0 Å². The van der Waals surface area contributed by atoms with Crippen LogP contribution in [-0.2, 0) is 6.42 Å². The highest BCUT2D eigenvalue weighted by molar-refractivity contribution is 7.09. The third kappa shape index (κ3) is 3.06. The van der Waals surface area contributed by atoms with Crippen molar-refractivity contribution in [1.29, 1.82) is 0 Å². The predicted molar refractivity (Wildman–Crippen MR) is 64.8 cm³/mol. The van der Waals surface area contributed by atoms with Gasteiger partial charge in [0.1, 0.15) is 5.82 Å². The highest BCUT2D eigenvalue weighted by atomic mass is 32.1. The fourth-order valence-electron chi connectivity index (χ4n) is 1.55. The molecule has 0 aliphatic heterocycles. The van der Waals surface area contributed by atoms with Crippen molar-refractivity contribution >= 4 is 11.3 Å². The molecule has 0 fully saturated rings. The SMILES string of the molecule is Cc1nc(CC(NN)c2ccc(F)cn2)cs1. The topological polar surface area (TPSA) is 63.8 Å². The molecule has 1 unspecified atom stereocenters. The molecule has 0 saturated heterocycles. The van der Waals surface area contributed by atoms with Gasteiger partial charge >= 0.3 is 0 Å². The summed E-state index contributed by atoms with van der Waals surface area (Å²) in [5.74, 6) is 5.14. The minimum absolute atomic E-state index is 0.155. The zero-order valence-electron chi connectivity index (χ0n) is 9.35. The zero-order valence-corrected chi connectivity index (χ0v) is 10.2. The maximum atomic E-state index is 12.8. The van der Waals surface area contributed by atoms with Gasteiger partial charge in [-0.25, -0.2) is 9.37 Å². The molecule has 0 aliphatic carbocycles. The largest absolute Gasteiger partial charge is 0.271 e. The molecular formula is C11H13FN4S. The van der Waals surface area contributed by atoms with Gasteiger partial charge in [0.05, 0.1) is 28.6 Å². The molecule has 0 aliphatic rings. The van der Waals surface area contributed by atoms with Gasteiger partial charge in [-0.2, -0.15) is 0 Å². The summed E-state index contributed by atoms with van der Waals surface area (Å²) in [6.07, 6.45) is 1.82. The summed E-state index contributed by atoms with van der Waals surface area (Å²) in [5, 5.41) is 3.01. The first-order valence-corrected chi connectivity index (χ1v) is 6.05. The van der Waals surface area contributed by atoms with Crippen LogP contribution in [-0.4, -0.2) is 9.97 Å². The molecule has 2 rings (SSSR count). The van der Waals surface area contributed by atoms with E-state index in [1.165, 1.54) is 12.3 Å². The summed E-state index contributed by atoms with van der Waals surface area (Å²) >= 11 is 1.59. The number of hydrazine groups is 1. The van der Waals surface area contributed by atoms with E-state index in [0.29, 0.717) is 12.1 Å². The van der Waals surface area contributed by atoms with Crippen LogP contribution < -0.4 is 11.3 Å². The molecule has 0 radical (unpaired) electrons. The summed E-state index contributed by atoms with van der Waals surface area (Å²) in [6, 6.07) is 2.84. The number of nitrogens with zero attached hydrogens (tertiary/aromatic N) is 2. The molecule has 6 heteroatoms. The van der Waals surface area contributed by atoms with E-state index < -0.39 is 0 Å². The van der Waals surface area contributed by atoms with Gasteiger partial charge in [-0.1, -0.05) is 0 Å². The van der Waals surface area contributed by atoms with Crippen molar-refractivity contribution in [2.24, 2.45) is 5.84 Å². The lowest BCUT2D eigenvalue weighted by molar-refractivity contribution is 0.528. The molecule has 90 valence electrons. The molecule has 0 saturated carbocycles. The van der Waals surface area contributed by atoms with E-state index in [-0.39, 0.29) is 11.9 Å². The Kier molecular flexibility index (Phi) is 3.78. The predicted octanol–water partition coefficient (Wildman–Crippen LogP) is 1.73. The highest BCUT2D eigenvalue weighted by Crippen LogP contribution is 2.17. The van der Waals surface area contributed by atoms with Crippen molar-refractivity contribution in [1.82, 2.24) is 15.4 Å². The molecule has 0 aromatic carbocycles. The lowest BCUT2D eigenvalue weighted by Crippen LogP contribution is -2.30. The number of nitrogens with one attached hydrogen (secondary N) is 1. The summed E-state index contributed by atoms with van der Waals surface area (Å²) in [5.41, 5.74) is 4.34. The Bertz CT molecular complexity index is 482. The van der Waals surface area contributed by atoms with E-state index in [9.17, 15) is 4.39 Å². The Morgan fingerprint density at radius 1 is 1.53 bits per heavy atom. The third-order valence-corrected chi connectivity index (χ3v) is 3.21. The Labute approximate surface area is 103 Å². The number of nitrogens with two attached hydrogens (primary N) is 1. The van der Waals surface area contributed by atoms with Crippen LogP contribution >= 0.6 is 11.3 Å². The van der Waals surface area contributed by atoms with Gasteiger partial charge in [0.25, 0.3) is 0 Å². The number of thiazole rings is 1. The van der Waals surface area contributed by atoms with Crippen LogP contribution in [0.3, 0.4) is 0 Å². The maximum absolute atomic E-state index is 12.8. The molecule has 4 nitrogen and oxygen atoms in total. The molecule has 0 amide bonds. The molecule has 0 spiro atoms. The van der Waals surface area contributed by atoms with Crippen LogP contribution in [0.2, 0.25) is 0 Å². The van der Waals surface area contributed by atoms with Crippen LogP contribution in [0, 0.1) is 12.7 Å². The summed E-state index contributed by atoms with van der Waals surface area (Å²) in [6.45, 7) is 1.95. The third-order valence-electron chi connectivity index (χ3n) is 2.39.